The van der Waals surface area contributed by atoms with E-state index < -0.39 is 23.2 Å². The van der Waals surface area contributed by atoms with Gasteiger partial charge in [0.25, 0.3) is 0 Å². The van der Waals surface area contributed by atoms with Crippen LogP contribution >= 0.6 is 0 Å². The normalized spacial score (nSPS) is 16.6. The zero-order valence-corrected chi connectivity index (χ0v) is 21.4. The molecule has 0 aliphatic carbocycles. The van der Waals surface area contributed by atoms with Crippen molar-refractivity contribution >= 4 is 28.9 Å². The van der Waals surface area contributed by atoms with Gasteiger partial charge < -0.3 is 25.0 Å². The minimum atomic E-state index is -0.884. The fourth-order valence-corrected chi connectivity index (χ4v) is 4.88. The second kappa shape index (κ2) is 11.7. The Bertz CT molecular complexity index is 1290. The first-order chi connectivity index (χ1) is 18.5. The van der Waals surface area contributed by atoms with Crippen molar-refractivity contribution in [2.75, 3.05) is 48.9 Å². The third kappa shape index (κ3) is 5.85. The molecular weight excluding hydrogens is 492 g/mol. The molecule has 2 aromatic carbocycles. The fraction of sp³-hybridized carbons (Fsp3) is 0.393. The Hall–Kier alpha value is -3.79. The van der Waals surface area contributed by atoms with Crippen molar-refractivity contribution in [2.45, 2.75) is 38.5 Å². The number of aryl methyl sites for hydroxylation is 1. The van der Waals surface area contributed by atoms with Crippen molar-refractivity contribution < 1.29 is 23.0 Å². The number of aromatic nitrogens is 2. The molecule has 0 radical (unpaired) electrons. The average molecular weight is 524 g/mol. The van der Waals surface area contributed by atoms with Gasteiger partial charge in [0.1, 0.15) is 23.0 Å². The third-order valence-electron chi connectivity index (χ3n) is 6.84. The van der Waals surface area contributed by atoms with Crippen LogP contribution in [0, 0.1) is 11.6 Å². The maximum Gasteiger partial charge on any atom is 0.227 e. The molecule has 1 aromatic heterocycles. The van der Waals surface area contributed by atoms with E-state index in [-0.39, 0.29) is 29.4 Å². The highest BCUT2D eigenvalue weighted by Gasteiger charge is 2.20. The van der Waals surface area contributed by atoms with Gasteiger partial charge in [0.15, 0.2) is 5.75 Å². The number of hydrogen-bond acceptors (Lipinski definition) is 7. The first-order valence-corrected chi connectivity index (χ1v) is 12.9. The van der Waals surface area contributed by atoms with Crippen LogP contribution in [0.3, 0.4) is 0 Å². The van der Waals surface area contributed by atoms with Crippen LogP contribution in [-0.4, -0.2) is 49.3 Å². The average Bonchev–Trinajstić information content (AvgIpc) is 2.92. The van der Waals surface area contributed by atoms with Gasteiger partial charge in [-0.3, -0.25) is 4.79 Å². The summed E-state index contributed by atoms with van der Waals surface area (Å²) in [5.74, 6) is -1.65. The Labute approximate surface area is 220 Å². The van der Waals surface area contributed by atoms with E-state index in [9.17, 15) is 13.6 Å². The molecule has 1 saturated heterocycles. The van der Waals surface area contributed by atoms with Crippen LogP contribution in [0.2, 0.25) is 0 Å². The summed E-state index contributed by atoms with van der Waals surface area (Å²) in [6.07, 6.45) is 5.92. The number of carbonyl (C=O) groups is 1. The van der Waals surface area contributed by atoms with Gasteiger partial charge in [0.05, 0.1) is 26.5 Å². The van der Waals surface area contributed by atoms with E-state index in [4.69, 9.17) is 9.47 Å². The van der Waals surface area contributed by atoms with Crippen molar-refractivity contribution in [2.24, 2.45) is 0 Å². The summed E-state index contributed by atoms with van der Waals surface area (Å²) in [6.45, 7) is 3.08. The van der Waals surface area contributed by atoms with E-state index in [0.717, 1.165) is 56.6 Å². The highest BCUT2D eigenvalue weighted by Crippen LogP contribution is 2.34. The van der Waals surface area contributed by atoms with Gasteiger partial charge in [-0.2, -0.15) is 0 Å². The minimum absolute atomic E-state index is 0.168. The van der Waals surface area contributed by atoms with Gasteiger partial charge in [0, 0.05) is 36.4 Å². The van der Waals surface area contributed by atoms with E-state index in [2.05, 4.69) is 37.6 Å². The summed E-state index contributed by atoms with van der Waals surface area (Å²) < 4.78 is 40.7. The van der Waals surface area contributed by atoms with E-state index in [1.54, 1.807) is 0 Å². The maximum absolute atomic E-state index is 14.9. The van der Waals surface area contributed by atoms with Gasteiger partial charge in [0.2, 0.25) is 11.9 Å². The molecule has 6 rings (SSSR count). The number of benzene rings is 2. The van der Waals surface area contributed by atoms with E-state index >= 15 is 0 Å². The lowest BCUT2D eigenvalue weighted by Gasteiger charge is -2.31. The van der Waals surface area contributed by atoms with Crippen molar-refractivity contribution in [1.29, 1.82) is 0 Å². The lowest BCUT2D eigenvalue weighted by molar-refractivity contribution is -0.116. The van der Waals surface area contributed by atoms with E-state index in [1.807, 2.05) is 6.07 Å². The molecule has 3 aromatic rings. The monoisotopic (exact) mass is 523 g/mol. The molecule has 38 heavy (non-hydrogen) atoms. The first-order valence-electron chi connectivity index (χ1n) is 12.9. The number of morpholine rings is 1. The predicted octanol–water partition coefficient (Wildman–Crippen LogP) is 5.46. The molecule has 2 N–H and O–H groups in total. The van der Waals surface area contributed by atoms with Gasteiger partial charge in [-0.05, 0) is 55.2 Å². The summed E-state index contributed by atoms with van der Waals surface area (Å²) >= 11 is 0. The van der Waals surface area contributed by atoms with Gasteiger partial charge in [-0.25, -0.2) is 18.7 Å². The van der Waals surface area contributed by atoms with Gasteiger partial charge >= 0.3 is 0 Å². The van der Waals surface area contributed by atoms with Crippen LogP contribution in [0.15, 0.2) is 36.5 Å². The fourth-order valence-electron chi connectivity index (χ4n) is 4.88. The number of ether oxygens (including phenoxy) is 2. The maximum atomic E-state index is 14.9. The van der Waals surface area contributed by atoms with Crippen molar-refractivity contribution in [3.05, 3.63) is 53.7 Å². The molecule has 0 atom stereocenters. The van der Waals surface area contributed by atoms with Gasteiger partial charge in [-0.1, -0.05) is 12.8 Å². The quantitative estimate of drug-likeness (QED) is 0.461. The second-order valence-corrected chi connectivity index (χ2v) is 9.46. The highest BCUT2D eigenvalue weighted by molar-refractivity contribution is 5.91. The Morgan fingerprint density at radius 1 is 0.974 bits per heavy atom. The van der Waals surface area contributed by atoms with Crippen LogP contribution in [0.4, 0.5) is 31.8 Å². The number of nitrogens with one attached hydrogen (secondary N) is 2. The molecule has 4 heterocycles. The molecule has 3 aliphatic heterocycles. The van der Waals surface area contributed by atoms with Crippen LogP contribution in [0.1, 0.15) is 37.7 Å². The molecular formula is C28H31F2N5O3. The number of rotatable bonds is 2. The summed E-state index contributed by atoms with van der Waals surface area (Å²) in [5.41, 5.74) is 3.14. The Morgan fingerprint density at radius 2 is 1.71 bits per heavy atom. The number of anilines is 4. The van der Waals surface area contributed by atoms with E-state index in [0.29, 0.717) is 19.6 Å². The first kappa shape index (κ1) is 25.8. The summed E-state index contributed by atoms with van der Waals surface area (Å²) in [5, 5.41) is 5.63. The minimum Gasteiger partial charge on any atom is -0.493 e. The Balaban J connectivity index is 1.53. The molecule has 200 valence electrons. The van der Waals surface area contributed by atoms with Crippen molar-refractivity contribution in [1.82, 2.24) is 9.97 Å². The Morgan fingerprint density at radius 3 is 2.45 bits per heavy atom. The van der Waals surface area contributed by atoms with Crippen LogP contribution < -0.4 is 20.3 Å². The number of hydrogen-bond donors (Lipinski definition) is 2. The number of halogens is 2. The zero-order chi connectivity index (χ0) is 26.5. The SMILES string of the molecule is COc1cnc2nc1-c1cc(F)c(c(F)c1)NC(=O)CCCCCCc1cc(ccc1N1CCOCC1)N2. The topological polar surface area (TPSA) is 88.6 Å². The molecule has 0 spiro atoms. The predicted molar refractivity (Wildman–Crippen MR) is 142 cm³/mol. The number of carbonyl (C=O) groups excluding carboxylic acids is 1. The number of amides is 1. The van der Waals surface area contributed by atoms with Crippen LogP contribution in [0.5, 0.6) is 5.75 Å². The number of methoxy groups -OCH3 is 1. The second-order valence-electron chi connectivity index (χ2n) is 9.46. The van der Waals surface area contributed by atoms with Gasteiger partial charge in [-0.15, -0.1) is 0 Å². The molecule has 0 unspecified atom stereocenters. The smallest absolute Gasteiger partial charge is 0.227 e. The Kier molecular flexibility index (Phi) is 7.97. The molecule has 1 amide bonds. The number of nitrogens with zero attached hydrogens (tertiary/aromatic N) is 3. The third-order valence-corrected chi connectivity index (χ3v) is 6.84. The summed E-state index contributed by atoms with van der Waals surface area (Å²) in [6, 6.07) is 8.46. The molecule has 6 bridgehead atoms. The molecule has 0 saturated carbocycles. The molecule has 3 aliphatic rings. The highest BCUT2D eigenvalue weighted by atomic mass is 19.1. The van der Waals surface area contributed by atoms with Crippen LogP contribution in [0.25, 0.3) is 11.3 Å². The molecule has 10 heteroatoms. The van der Waals surface area contributed by atoms with Crippen molar-refractivity contribution in [3.63, 3.8) is 0 Å². The number of fused-ring (bicyclic) bond motifs is 9. The summed E-state index contributed by atoms with van der Waals surface area (Å²) in [4.78, 5) is 23.6. The lowest BCUT2D eigenvalue weighted by atomic mass is 10.0. The molecule has 1 fully saturated rings. The van der Waals surface area contributed by atoms with E-state index in [1.165, 1.54) is 24.6 Å². The standard InChI is InChI=1S/C28H31F2N5O3/c1-37-24-17-31-28-32-20-8-9-23(35-10-12-38-13-11-35)18(14-20)6-4-2-3-5-7-25(36)33-27-21(29)15-19(16-22(27)30)26(24)34-28/h8-9,14-17H,2-7,10-13H2,1H3,(H,33,36)(H,31,32,34). The largest absolute Gasteiger partial charge is 0.493 e. The zero-order valence-electron chi connectivity index (χ0n) is 21.4. The summed E-state index contributed by atoms with van der Waals surface area (Å²) in [7, 11) is 1.44. The van der Waals surface area contributed by atoms with Crippen LogP contribution in [-0.2, 0) is 16.0 Å². The lowest BCUT2D eigenvalue weighted by Crippen LogP contribution is -2.36. The molecule has 8 nitrogen and oxygen atoms in total. The van der Waals surface area contributed by atoms with Crippen molar-refractivity contribution in [3.8, 4) is 17.0 Å².